The van der Waals surface area contributed by atoms with Gasteiger partial charge in [-0.25, -0.2) is 15.0 Å². The van der Waals surface area contributed by atoms with Gasteiger partial charge in [-0.2, -0.15) is 0 Å². The van der Waals surface area contributed by atoms with Gasteiger partial charge < -0.3 is 14.6 Å². The standard InChI is InChI=1S/C23H40N6OSi/c1-14(2)28(6)22-27-19-20(24-13-25-21(19)29(22)7)26-17-11-16-10-15(17)12-18(16)30-31(8,9)23(3,4)5/h13-18H,10-12H2,1-9H3,(H,24,25,26)/t15-,16-,17-,18-/m0/s1. The maximum atomic E-state index is 6.80. The third-order valence-corrected chi connectivity index (χ3v) is 12.6. The lowest BCUT2D eigenvalue weighted by Gasteiger charge is -2.41. The summed E-state index contributed by atoms with van der Waals surface area (Å²) in [6.07, 6.45) is 5.65. The van der Waals surface area contributed by atoms with E-state index in [1.807, 2.05) is 7.05 Å². The average molecular weight is 445 g/mol. The Bertz CT molecular complexity index is 949. The molecule has 2 aromatic rings. The summed E-state index contributed by atoms with van der Waals surface area (Å²) in [6.45, 7) is 16.1. The first-order valence-corrected chi connectivity index (χ1v) is 14.6. The molecular formula is C23H40N6OSi. The zero-order chi connectivity index (χ0) is 22.7. The Hall–Kier alpha value is -1.67. The summed E-state index contributed by atoms with van der Waals surface area (Å²) >= 11 is 0. The summed E-state index contributed by atoms with van der Waals surface area (Å²) in [6, 6.07) is 0.805. The Morgan fingerprint density at radius 3 is 2.45 bits per heavy atom. The number of nitrogens with one attached hydrogen (secondary N) is 1. The van der Waals surface area contributed by atoms with Gasteiger partial charge >= 0.3 is 0 Å². The summed E-state index contributed by atoms with van der Waals surface area (Å²) < 4.78 is 8.86. The summed E-state index contributed by atoms with van der Waals surface area (Å²) in [4.78, 5) is 16.2. The second-order valence-corrected chi connectivity index (χ2v) is 16.2. The molecule has 2 heterocycles. The molecule has 0 radical (unpaired) electrons. The van der Waals surface area contributed by atoms with E-state index in [1.165, 1.54) is 6.42 Å². The van der Waals surface area contributed by atoms with Gasteiger partial charge in [-0.15, -0.1) is 0 Å². The zero-order valence-corrected chi connectivity index (χ0v) is 21.7. The number of aromatic nitrogens is 4. The van der Waals surface area contributed by atoms with Crippen LogP contribution in [0.5, 0.6) is 0 Å². The smallest absolute Gasteiger partial charge is 0.207 e. The van der Waals surface area contributed by atoms with Crippen LogP contribution in [0.2, 0.25) is 18.1 Å². The minimum absolute atomic E-state index is 0.263. The number of hydrogen-bond acceptors (Lipinski definition) is 6. The fourth-order valence-electron chi connectivity index (χ4n) is 4.91. The third kappa shape index (κ3) is 3.97. The zero-order valence-electron chi connectivity index (χ0n) is 20.7. The van der Waals surface area contributed by atoms with Crippen molar-refractivity contribution in [2.75, 3.05) is 17.3 Å². The van der Waals surface area contributed by atoms with Crippen LogP contribution >= 0.6 is 0 Å². The molecule has 2 saturated carbocycles. The van der Waals surface area contributed by atoms with Gasteiger partial charge in [0, 0.05) is 32.3 Å². The van der Waals surface area contributed by atoms with Crippen molar-refractivity contribution in [3.8, 4) is 0 Å². The lowest BCUT2D eigenvalue weighted by molar-refractivity contribution is 0.118. The molecule has 2 bridgehead atoms. The van der Waals surface area contributed by atoms with Crippen LogP contribution < -0.4 is 10.2 Å². The maximum absolute atomic E-state index is 6.80. The van der Waals surface area contributed by atoms with Gasteiger partial charge in [0.2, 0.25) is 5.95 Å². The lowest BCUT2D eigenvalue weighted by atomic mass is 9.93. The Labute approximate surface area is 188 Å². The Kier molecular flexibility index (Phi) is 5.61. The molecule has 172 valence electrons. The van der Waals surface area contributed by atoms with E-state index in [9.17, 15) is 0 Å². The van der Waals surface area contributed by atoms with E-state index < -0.39 is 8.32 Å². The van der Waals surface area contributed by atoms with E-state index >= 15 is 0 Å². The highest BCUT2D eigenvalue weighted by molar-refractivity contribution is 6.74. The molecule has 0 spiro atoms. The Morgan fingerprint density at radius 2 is 1.87 bits per heavy atom. The highest BCUT2D eigenvalue weighted by Crippen LogP contribution is 2.50. The molecule has 0 amide bonds. The van der Waals surface area contributed by atoms with Crippen molar-refractivity contribution < 1.29 is 4.43 Å². The lowest BCUT2D eigenvalue weighted by Crippen LogP contribution is -2.46. The first-order valence-electron chi connectivity index (χ1n) is 11.7. The summed E-state index contributed by atoms with van der Waals surface area (Å²) in [5, 5.41) is 4.01. The van der Waals surface area contributed by atoms with E-state index in [0.717, 1.165) is 35.8 Å². The molecule has 2 aliphatic rings. The molecule has 0 aromatic carbocycles. The van der Waals surface area contributed by atoms with Gasteiger partial charge in [-0.1, -0.05) is 20.8 Å². The predicted molar refractivity (Wildman–Crippen MR) is 130 cm³/mol. The van der Waals surface area contributed by atoms with Crippen molar-refractivity contribution in [3.05, 3.63) is 6.33 Å². The molecular weight excluding hydrogens is 404 g/mol. The van der Waals surface area contributed by atoms with Crippen molar-refractivity contribution in [1.82, 2.24) is 19.5 Å². The first-order chi connectivity index (χ1) is 14.4. The summed E-state index contributed by atoms with van der Waals surface area (Å²) in [5.41, 5.74) is 1.74. The fourth-order valence-corrected chi connectivity index (χ4v) is 6.31. The molecule has 7 nitrogen and oxygen atoms in total. The van der Waals surface area contributed by atoms with E-state index in [0.29, 0.717) is 30.0 Å². The second kappa shape index (κ2) is 7.73. The van der Waals surface area contributed by atoms with E-state index in [1.54, 1.807) is 6.33 Å². The molecule has 1 N–H and O–H groups in total. The minimum atomic E-state index is -1.72. The van der Waals surface area contributed by atoms with E-state index in [2.05, 4.69) is 79.5 Å². The van der Waals surface area contributed by atoms with Gasteiger partial charge in [0.25, 0.3) is 0 Å². The second-order valence-electron chi connectivity index (χ2n) is 11.5. The quantitative estimate of drug-likeness (QED) is 0.645. The van der Waals surface area contributed by atoms with Gasteiger partial charge in [0.15, 0.2) is 25.3 Å². The van der Waals surface area contributed by atoms with Crippen LogP contribution in [0, 0.1) is 11.8 Å². The first kappa shape index (κ1) is 22.5. The van der Waals surface area contributed by atoms with Crippen molar-refractivity contribution in [2.24, 2.45) is 18.9 Å². The number of nitrogens with zero attached hydrogens (tertiary/aromatic N) is 5. The van der Waals surface area contributed by atoms with Crippen molar-refractivity contribution >= 4 is 31.2 Å². The highest BCUT2D eigenvalue weighted by atomic mass is 28.4. The maximum Gasteiger partial charge on any atom is 0.207 e. The Morgan fingerprint density at radius 1 is 1.16 bits per heavy atom. The van der Waals surface area contributed by atoms with Crippen LogP contribution in [0.1, 0.15) is 53.9 Å². The van der Waals surface area contributed by atoms with E-state index in [4.69, 9.17) is 9.41 Å². The minimum Gasteiger partial charge on any atom is -0.414 e. The van der Waals surface area contributed by atoms with Gasteiger partial charge in [0.05, 0.1) is 0 Å². The van der Waals surface area contributed by atoms with Gasteiger partial charge in [-0.3, -0.25) is 4.57 Å². The molecule has 2 aliphatic carbocycles. The van der Waals surface area contributed by atoms with Crippen LogP contribution in [0.4, 0.5) is 11.8 Å². The van der Waals surface area contributed by atoms with Crippen LogP contribution in [0.15, 0.2) is 6.33 Å². The van der Waals surface area contributed by atoms with Crippen molar-refractivity contribution in [2.45, 2.75) is 90.2 Å². The predicted octanol–water partition coefficient (Wildman–Crippen LogP) is 4.81. The van der Waals surface area contributed by atoms with Gasteiger partial charge in [-0.05, 0) is 63.1 Å². The Balaban J connectivity index is 1.49. The molecule has 8 heteroatoms. The topological polar surface area (TPSA) is 68.1 Å². The summed E-state index contributed by atoms with van der Waals surface area (Å²) in [7, 11) is 2.38. The summed E-state index contributed by atoms with van der Waals surface area (Å²) in [5.74, 6) is 3.08. The number of hydrogen-bond donors (Lipinski definition) is 1. The molecule has 0 unspecified atom stereocenters. The van der Waals surface area contributed by atoms with Crippen molar-refractivity contribution in [1.29, 1.82) is 0 Å². The number of aryl methyl sites for hydroxylation is 1. The molecule has 4 atom stereocenters. The number of imidazole rings is 1. The molecule has 2 fully saturated rings. The van der Waals surface area contributed by atoms with Crippen LogP contribution in [-0.4, -0.2) is 53.1 Å². The van der Waals surface area contributed by atoms with Crippen molar-refractivity contribution in [3.63, 3.8) is 0 Å². The van der Waals surface area contributed by atoms with Crippen LogP contribution in [0.3, 0.4) is 0 Å². The number of rotatable bonds is 6. The molecule has 0 saturated heterocycles. The van der Waals surface area contributed by atoms with Crippen LogP contribution in [0.25, 0.3) is 11.2 Å². The van der Waals surface area contributed by atoms with E-state index in [-0.39, 0.29) is 5.04 Å². The third-order valence-electron chi connectivity index (χ3n) is 8.09. The fraction of sp³-hybridized carbons (Fsp3) is 0.783. The molecule has 4 rings (SSSR count). The number of fused-ring (bicyclic) bond motifs is 3. The normalized spacial score (nSPS) is 26.3. The largest absolute Gasteiger partial charge is 0.414 e. The average Bonchev–Trinajstić information content (AvgIpc) is 3.33. The monoisotopic (exact) mass is 444 g/mol. The molecule has 0 aliphatic heterocycles. The highest BCUT2D eigenvalue weighted by Gasteiger charge is 2.50. The van der Waals surface area contributed by atoms with Crippen LogP contribution in [-0.2, 0) is 11.5 Å². The molecule has 2 aromatic heterocycles. The number of anilines is 2. The molecule has 31 heavy (non-hydrogen) atoms. The SMILES string of the molecule is CC(C)N(C)c1nc2c(N[C@H]3C[C@@H]4C[C@H]3C[C@@H]4O[Si](C)(C)C(C)(C)C)ncnc2n1C. The van der Waals surface area contributed by atoms with Gasteiger partial charge in [0.1, 0.15) is 6.33 Å².